The topological polar surface area (TPSA) is 33.1 Å². The van der Waals surface area contributed by atoms with E-state index in [1.165, 1.54) is 30.5 Å². The van der Waals surface area contributed by atoms with Crippen LogP contribution in [0.3, 0.4) is 0 Å². The molecule has 0 amide bonds. The lowest BCUT2D eigenvalue weighted by molar-refractivity contribution is 0.182. The summed E-state index contributed by atoms with van der Waals surface area (Å²) in [6, 6.07) is 11.3. The van der Waals surface area contributed by atoms with Gasteiger partial charge in [0.15, 0.2) is 0 Å². The van der Waals surface area contributed by atoms with Gasteiger partial charge in [0.2, 0.25) is 0 Å². The maximum Gasteiger partial charge on any atom is 0.0534 e. The third kappa shape index (κ3) is 4.16. The molecule has 2 heterocycles. The normalized spacial score (nSPS) is 19.8. The van der Waals surface area contributed by atoms with E-state index in [1.807, 2.05) is 17.9 Å². The molecule has 1 unspecified atom stereocenters. The molecule has 0 radical (unpaired) electrons. The first kappa shape index (κ1) is 14.3. The zero-order chi connectivity index (χ0) is 14.5. The van der Waals surface area contributed by atoms with Gasteiger partial charge in [0.1, 0.15) is 0 Å². The highest BCUT2D eigenvalue weighted by atomic mass is 15.2. The predicted molar refractivity (Wildman–Crippen MR) is 84.8 cm³/mol. The fourth-order valence-electron chi connectivity index (χ4n) is 3.03. The fraction of sp³-hybridized carbons (Fsp3) is 0.471. The molecule has 0 bridgehead atoms. The van der Waals surface area contributed by atoms with Crippen molar-refractivity contribution in [2.45, 2.75) is 32.0 Å². The van der Waals surface area contributed by atoms with Gasteiger partial charge in [0.05, 0.1) is 6.20 Å². The summed E-state index contributed by atoms with van der Waals surface area (Å²) in [4.78, 5) is 2.56. The third-order valence-corrected chi connectivity index (χ3v) is 4.11. The zero-order valence-electron chi connectivity index (χ0n) is 12.7. The Morgan fingerprint density at radius 1 is 1.24 bits per heavy atom. The molecule has 1 aliphatic heterocycles. The predicted octanol–water partition coefficient (Wildman–Crippen LogP) is 2.17. The van der Waals surface area contributed by atoms with Gasteiger partial charge in [0, 0.05) is 44.5 Å². The number of aromatic nitrogens is 2. The van der Waals surface area contributed by atoms with Gasteiger partial charge in [-0.15, -0.1) is 0 Å². The fourth-order valence-corrected chi connectivity index (χ4v) is 3.03. The number of aryl methyl sites for hydroxylation is 1. The molecule has 1 aromatic carbocycles. The third-order valence-electron chi connectivity index (χ3n) is 4.11. The number of likely N-dealkylation sites (tertiary alicyclic amines) is 1. The molecule has 1 atom stereocenters. The van der Waals surface area contributed by atoms with Crippen LogP contribution in [0.25, 0.3) is 0 Å². The summed E-state index contributed by atoms with van der Waals surface area (Å²) >= 11 is 0. The quantitative estimate of drug-likeness (QED) is 0.913. The van der Waals surface area contributed by atoms with Crippen molar-refractivity contribution in [2.75, 3.05) is 13.1 Å². The highest BCUT2D eigenvalue weighted by Crippen LogP contribution is 2.14. The number of hydrogen-bond donors (Lipinski definition) is 1. The van der Waals surface area contributed by atoms with Crippen molar-refractivity contribution >= 4 is 0 Å². The molecule has 3 rings (SSSR count). The molecule has 4 heteroatoms. The summed E-state index contributed by atoms with van der Waals surface area (Å²) in [6.07, 6.45) is 6.57. The van der Waals surface area contributed by atoms with Crippen LogP contribution >= 0.6 is 0 Å². The minimum absolute atomic E-state index is 0.586. The second-order valence-corrected chi connectivity index (χ2v) is 5.96. The molecule has 112 valence electrons. The van der Waals surface area contributed by atoms with Gasteiger partial charge >= 0.3 is 0 Å². The SMILES string of the molecule is Cn1cc(CNC2CCCN(Cc3ccccc3)C2)cn1. The van der Waals surface area contributed by atoms with Crippen LogP contribution in [0.1, 0.15) is 24.0 Å². The van der Waals surface area contributed by atoms with Gasteiger partial charge in [0.25, 0.3) is 0 Å². The molecular weight excluding hydrogens is 260 g/mol. The first-order valence-electron chi connectivity index (χ1n) is 7.77. The van der Waals surface area contributed by atoms with E-state index in [1.54, 1.807) is 0 Å². The Morgan fingerprint density at radius 3 is 2.86 bits per heavy atom. The van der Waals surface area contributed by atoms with Crippen molar-refractivity contribution in [2.24, 2.45) is 7.05 Å². The molecular formula is C17H24N4. The number of nitrogens with one attached hydrogen (secondary N) is 1. The van der Waals surface area contributed by atoms with Crippen LogP contribution in [-0.2, 0) is 20.1 Å². The zero-order valence-corrected chi connectivity index (χ0v) is 12.7. The average molecular weight is 284 g/mol. The first-order valence-corrected chi connectivity index (χ1v) is 7.77. The highest BCUT2D eigenvalue weighted by Gasteiger charge is 2.19. The maximum absolute atomic E-state index is 4.22. The average Bonchev–Trinajstić information content (AvgIpc) is 2.92. The van der Waals surface area contributed by atoms with E-state index in [9.17, 15) is 0 Å². The minimum atomic E-state index is 0.586. The lowest BCUT2D eigenvalue weighted by atomic mass is 10.0. The number of piperidine rings is 1. The summed E-state index contributed by atoms with van der Waals surface area (Å²) in [6.45, 7) is 4.32. The number of benzene rings is 1. The van der Waals surface area contributed by atoms with Crippen molar-refractivity contribution < 1.29 is 0 Å². The summed E-state index contributed by atoms with van der Waals surface area (Å²) in [5.41, 5.74) is 2.67. The van der Waals surface area contributed by atoms with Gasteiger partial charge in [-0.05, 0) is 24.9 Å². The summed E-state index contributed by atoms with van der Waals surface area (Å²) in [5, 5.41) is 7.89. The van der Waals surface area contributed by atoms with Gasteiger partial charge in [-0.25, -0.2) is 0 Å². The van der Waals surface area contributed by atoms with Gasteiger partial charge in [-0.2, -0.15) is 5.10 Å². The van der Waals surface area contributed by atoms with Crippen molar-refractivity contribution in [3.63, 3.8) is 0 Å². The van der Waals surface area contributed by atoms with Crippen LogP contribution in [0.2, 0.25) is 0 Å². The van der Waals surface area contributed by atoms with Crippen molar-refractivity contribution in [1.29, 1.82) is 0 Å². The number of rotatable bonds is 5. The summed E-state index contributed by atoms with van der Waals surface area (Å²) in [5.74, 6) is 0. The molecule has 1 N–H and O–H groups in total. The van der Waals surface area contributed by atoms with Gasteiger partial charge in [-0.1, -0.05) is 30.3 Å². The van der Waals surface area contributed by atoms with E-state index in [-0.39, 0.29) is 0 Å². The van der Waals surface area contributed by atoms with Gasteiger partial charge in [-0.3, -0.25) is 9.58 Å². The molecule has 0 aliphatic carbocycles. The Balaban J connectivity index is 1.49. The van der Waals surface area contributed by atoms with E-state index < -0.39 is 0 Å². The van der Waals surface area contributed by atoms with Crippen LogP contribution in [0.15, 0.2) is 42.7 Å². The van der Waals surface area contributed by atoms with Crippen LogP contribution < -0.4 is 5.32 Å². The molecule has 1 saturated heterocycles. The highest BCUT2D eigenvalue weighted by molar-refractivity contribution is 5.14. The van der Waals surface area contributed by atoms with Gasteiger partial charge < -0.3 is 5.32 Å². The van der Waals surface area contributed by atoms with Crippen LogP contribution in [0.5, 0.6) is 0 Å². The van der Waals surface area contributed by atoms with Crippen molar-refractivity contribution in [3.05, 3.63) is 53.9 Å². The van der Waals surface area contributed by atoms with Crippen LogP contribution in [0, 0.1) is 0 Å². The monoisotopic (exact) mass is 284 g/mol. The lowest BCUT2D eigenvalue weighted by Gasteiger charge is -2.33. The van der Waals surface area contributed by atoms with E-state index >= 15 is 0 Å². The molecule has 21 heavy (non-hydrogen) atoms. The minimum Gasteiger partial charge on any atom is -0.309 e. The second kappa shape index (κ2) is 6.87. The van der Waals surface area contributed by atoms with Crippen molar-refractivity contribution in [3.8, 4) is 0 Å². The molecule has 1 fully saturated rings. The number of nitrogens with zero attached hydrogens (tertiary/aromatic N) is 3. The Kier molecular flexibility index (Phi) is 4.68. The largest absolute Gasteiger partial charge is 0.309 e. The van der Waals surface area contributed by atoms with Crippen molar-refractivity contribution in [1.82, 2.24) is 20.0 Å². The van der Waals surface area contributed by atoms with E-state index in [4.69, 9.17) is 0 Å². The first-order chi connectivity index (χ1) is 10.3. The smallest absolute Gasteiger partial charge is 0.0534 e. The second-order valence-electron chi connectivity index (χ2n) is 5.96. The Hall–Kier alpha value is -1.65. The molecule has 1 aliphatic rings. The van der Waals surface area contributed by atoms with E-state index in [0.29, 0.717) is 6.04 Å². The summed E-state index contributed by atoms with van der Waals surface area (Å²) < 4.78 is 1.86. The molecule has 1 aromatic heterocycles. The summed E-state index contributed by atoms with van der Waals surface area (Å²) in [7, 11) is 1.96. The van der Waals surface area contributed by atoms with E-state index in [0.717, 1.165) is 19.6 Å². The molecule has 0 spiro atoms. The standard InChI is InChI=1S/C17H24N4/c1-20-12-16(11-19-20)10-18-17-8-5-9-21(14-17)13-15-6-3-2-4-7-15/h2-4,6-7,11-12,17-18H,5,8-10,13-14H2,1H3. The Morgan fingerprint density at radius 2 is 2.10 bits per heavy atom. The number of hydrogen-bond acceptors (Lipinski definition) is 3. The van der Waals surface area contributed by atoms with Crippen LogP contribution in [-0.4, -0.2) is 33.8 Å². The lowest BCUT2D eigenvalue weighted by Crippen LogP contribution is -2.44. The molecule has 4 nitrogen and oxygen atoms in total. The molecule has 0 saturated carbocycles. The maximum atomic E-state index is 4.22. The van der Waals surface area contributed by atoms with Crippen LogP contribution in [0.4, 0.5) is 0 Å². The Bertz CT molecular complexity index is 549. The molecule has 2 aromatic rings. The van der Waals surface area contributed by atoms with E-state index in [2.05, 4.69) is 51.8 Å². The Labute approximate surface area is 126 Å².